The van der Waals surface area contributed by atoms with Gasteiger partial charge in [0.25, 0.3) is 0 Å². The summed E-state index contributed by atoms with van der Waals surface area (Å²) in [6, 6.07) is 5.35. The Morgan fingerprint density at radius 3 is 2.46 bits per heavy atom. The average Bonchev–Trinajstić information content (AvgIpc) is 2.62. The number of nitrogens with zero attached hydrogens (tertiary/aromatic N) is 1. The summed E-state index contributed by atoms with van der Waals surface area (Å²) in [6.07, 6.45) is -1.35. The van der Waals surface area contributed by atoms with Gasteiger partial charge < -0.3 is 19.8 Å². The van der Waals surface area contributed by atoms with E-state index in [-0.39, 0.29) is 30.9 Å². The van der Waals surface area contributed by atoms with Gasteiger partial charge in [-0.25, -0.2) is 13.2 Å². The summed E-state index contributed by atoms with van der Waals surface area (Å²) in [5.74, 6) is 4.20. The van der Waals surface area contributed by atoms with Crippen molar-refractivity contribution in [3.05, 3.63) is 24.3 Å². The Balaban J connectivity index is 2.37. The summed E-state index contributed by atoms with van der Waals surface area (Å²) < 4.78 is 29.2. The summed E-state index contributed by atoms with van der Waals surface area (Å²) in [5.41, 5.74) is 0. The number of hydrogen-bond donors (Lipinski definition) is 2. The van der Waals surface area contributed by atoms with Crippen LogP contribution in [0.15, 0.2) is 29.2 Å². The van der Waals surface area contributed by atoms with E-state index in [1.54, 1.807) is 6.92 Å². The molecule has 1 atom stereocenters. The molecule has 0 saturated carbocycles. The minimum absolute atomic E-state index is 0.102. The van der Waals surface area contributed by atoms with Crippen LogP contribution < -0.4 is 4.74 Å². The van der Waals surface area contributed by atoms with Crippen molar-refractivity contribution in [1.29, 1.82) is 0 Å². The number of benzene rings is 1. The number of piperidine rings is 1. The molecule has 26 heavy (non-hydrogen) atoms. The monoisotopic (exact) mass is 381 g/mol. The number of carboxylic acid groups (broad SMARTS) is 2. The molecule has 140 valence electrons. The van der Waals surface area contributed by atoms with E-state index >= 15 is 0 Å². The molecule has 0 aliphatic carbocycles. The number of aliphatic carboxylic acids is 1. The molecule has 1 fully saturated rings. The second-order valence-electron chi connectivity index (χ2n) is 5.80. The summed E-state index contributed by atoms with van der Waals surface area (Å²) in [5, 5.41) is 18.8. The smallest absolute Gasteiger partial charge is 0.407 e. The molecule has 1 amide bonds. The number of rotatable bonds is 5. The van der Waals surface area contributed by atoms with Crippen molar-refractivity contribution < 1.29 is 33.0 Å². The van der Waals surface area contributed by atoms with Crippen molar-refractivity contribution in [2.24, 2.45) is 0 Å². The van der Waals surface area contributed by atoms with E-state index in [2.05, 4.69) is 11.8 Å². The average molecular weight is 381 g/mol. The molecule has 9 heteroatoms. The zero-order valence-electron chi connectivity index (χ0n) is 14.1. The van der Waals surface area contributed by atoms with Gasteiger partial charge in [0.1, 0.15) is 12.4 Å². The SMILES string of the molecule is CC#CCOc1ccc(S(=O)(=O)C2(C(=O)O)CCCN(C(=O)O)C2)cc1. The quantitative estimate of drug-likeness (QED) is 0.741. The van der Waals surface area contributed by atoms with Crippen molar-refractivity contribution in [3.63, 3.8) is 0 Å². The number of ether oxygens (including phenoxy) is 1. The molecule has 1 aliphatic rings. The predicted octanol–water partition coefficient (Wildman–Crippen LogP) is 1.46. The Hall–Kier alpha value is -2.73. The largest absolute Gasteiger partial charge is 0.481 e. The maximum absolute atomic E-state index is 13.0. The lowest BCUT2D eigenvalue weighted by Crippen LogP contribution is -2.58. The molecule has 2 N–H and O–H groups in total. The van der Waals surface area contributed by atoms with Gasteiger partial charge in [-0.1, -0.05) is 5.92 Å². The van der Waals surface area contributed by atoms with Crippen LogP contribution >= 0.6 is 0 Å². The minimum Gasteiger partial charge on any atom is -0.481 e. The third-order valence-electron chi connectivity index (χ3n) is 4.25. The first-order valence-electron chi connectivity index (χ1n) is 7.83. The normalized spacial score (nSPS) is 20.0. The number of amides is 1. The van der Waals surface area contributed by atoms with E-state index in [0.29, 0.717) is 5.75 Å². The van der Waals surface area contributed by atoms with E-state index in [1.165, 1.54) is 24.3 Å². The third kappa shape index (κ3) is 3.60. The van der Waals surface area contributed by atoms with Crippen LogP contribution in [0.1, 0.15) is 19.8 Å². The van der Waals surface area contributed by atoms with Crippen LogP contribution in [0.5, 0.6) is 5.75 Å². The Morgan fingerprint density at radius 1 is 1.27 bits per heavy atom. The van der Waals surface area contributed by atoms with E-state index in [1.807, 2.05) is 0 Å². The molecule has 0 radical (unpaired) electrons. The minimum atomic E-state index is -4.32. The Labute approximate surface area is 151 Å². The van der Waals surface area contributed by atoms with Crippen molar-refractivity contribution in [2.75, 3.05) is 19.7 Å². The molecule has 8 nitrogen and oxygen atoms in total. The molecule has 0 aromatic heterocycles. The molecule has 0 spiro atoms. The topological polar surface area (TPSA) is 121 Å². The van der Waals surface area contributed by atoms with Gasteiger partial charge >= 0.3 is 12.1 Å². The van der Waals surface area contributed by atoms with Gasteiger partial charge in [-0.2, -0.15) is 0 Å². The van der Waals surface area contributed by atoms with Gasteiger partial charge in [0.15, 0.2) is 14.6 Å². The van der Waals surface area contributed by atoms with Crippen LogP contribution in [-0.4, -0.2) is 60.0 Å². The van der Waals surface area contributed by atoms with Crippen LogP contribution in [-0.2, 0) is 14.6 Å². The lowest BCUT2D eigenvalue weighted by atomic mass is 9.97. The highest BCUT2D eigenvalue weighted by atomic mass is 32.2. The van der Waals surface area contributed by atoms with E-state index in [4.69, 9.17) is 9.84 Å². The van der Waals surface area contributed by atoms with Crippen LogP contribution in [0.2, 0.25) is 0 Å². The van der Waals surface area contributed by atoms with Crippen LogP contribution in [0, 0.1) is 11.8 Å². The summed E-state index contributed by atoms with van der Waals surface area (Å²) in [4.78, 5) is 23.7. The molecule has 1 aliphatic heterocycles. The van der Waals surface area contributed by atoms with Gasteiger partial charge in [0, 0.05) is 6.54 Å². The summed E-state index contributed by atoms with van der Waals surface area (Å²) >= 11 is 0. The standard InChI is InChI=1S/C17H19NO7S/c1-2-3-11-25-13-5-7-14(8-6-13)26(23,24)17(15(19)20)9-4-10-18(12-17)16(21)22/h5-8H,4,9-12H2,1H3,(H,19,20)(H,21,22). The number of sulfone groups is 1. The second kappa shape index (κ2) is 7.66. The molecule has 1 heterocycles. The van der Waals surface area contributed by atoms with E-state index < -0.39 is 33.2 Å². The van der Waals surface area contributed by atoms with Crippen molar-refractivity contribution in [3.8, 4) is 17.6 Å². The first-order chi connectivity index (χ1) is 12.2. The van der Waals surface area contributed by atoms with Gasteiger partial charge in [-0.15, -0.1) is 5.92 Å². The molecule has 1 aromatic rings. The maximum atomic E-state index is 13.0. The fraction of sp³-hybridized carbons (Fsp3) is 0.412. The molecular formula is C17H19NO7S. The van der Waals surface area contributed by atoms with E-state index in [9.17, 15) is 23.1 Å². The van der Waals surface area contributed by atoms with Gasteiger partial charge in [0.05, 0.1) is 11.4 Å². The zero-order valence-corrected chi connectivity index (χ0v) is 15.0. The predicted molar refractivity (Wildman–Crippen MR) is 91.8 cm³/mol. The van der Waals surface area contributed by atoms with Crippen molar-refractivity contribution >= 4 is 21.9 Å². The molecule has 1 saturated heterocycles. The molecule has 1 aromatic carbocycles. The highest BCUT2D eigenvalue weighted by molar-refractivity contribution is 7.93. The lowest BCUT2D eigenvalue weighted by Gasteiger charge is -2.37. The fourth-order valence-electron chi connectivity index (χ4n) is 2.83. The molecular weight excluding hydrogens is 362 g/mol. The maximum Gasteiger partial charge on any atom is 0.407 e. The van der Waals surface area contributed by atoms with Crippen LogP contribution in [0.25, 0.3) is 0 Å². The lowest BCUT2D eigenvalue weighted by molar-refractivity contribution is -0.141. The van der Waals surface area contributed by atoms with Crippen LogP contribution in [0.3, 0.4) is 0 Å². The van der Waals surface area contributed by atoms with Crippen molar-refractivity contribution in [2.45, 2.75) is 29.4 Å². The summed E-state index contributed by atoms with van der Waals surface area (Å²) in [6.45, 7) is 1.31. The van der Waals surface area contributed by atoms with Crippen LogP contribution in [0.4, 0.5) is 4.79 Å². The number of hydrogen-bond acceptors (Lipinski definition) is 5. The number of carbonyl (C=O) groups is 2. The first kappa shape index (κ1) is 19.6. The van der Waals surface area contributed by atoms with Gasteiger partial charge in [-0.05, 0) is 44.0 Å². The second-order valence-corrected chi connectivity index (χ2v) is 8.06. The number of likely N-dealkylation sites (tertiary alicyclic amines) is 1. The molecule has 0 bridgehead atoms. The summed E-state index contributed by atoms with van der Waals surface area (Å²) in [7, 11) is -4.32. The van der Waals surface area contributed by atoms with Gasteiger partial charge in [-0.3, -0.25) is 4.79 Å². The molecule has 2 rings (SSSR count). The Bertz CT molecular complexity index is 851. The first-order valence-corrected chi connectivity index (χ1v) is 9.31. The van der Waals surface area contributed by atoms with E-state index in [0.717, 1.165) is 4.90 Å². The Kier molecular flexibility index (Phi) is 5.77. The van der Waals surface area contributed by atoms with Gasteiger partial charge in [0.2, 0.25) is 0 Å². The molecule has 1 unspecified atom stereocenters. The van der Waals surface area contributed by atoms with Crippen molar-refractivity contribution in [1.82, 2.24) is 4.90 Å². The third-order valence-corrected chi connectivity index (χ3v) is 6.68. The zero-order chi connectivity index (χ0) is 19.4. The highest BCUT2D eigenvalue weighted by Gasteiger charge is 2.54. The fourth-order valence-corrected chi connectivity index (χ4v) is 4.74. The Morgan fingerprint density at radius 2 is 1.92 bits per heavy atom. The highest BCUT2D eigenvalue weighted by Crippen LogP contribution is 2.35. The number of carboxylic acids is 1.